The molecule has 0 atom stereocenters. The second kappa shape index (κ2) is 6.67. The van der Waals surface area contributed by atoms with Gasteiger partial charge in [-0.3, -0.25) is 9.59 Å². The molecule has 2 aromatic rings. The first kappa shape index (κ1) is 17.7. The first-order chi connectivity index (χ1) is 11.8. The maximum atomic E-state index is 12.5. The van der Waals surface area contributed by atoms with Gasteiger partial charge in [0, 0.05) is 6.42 Å². The third-order valence-corrected chi connectivity index (χ3v) is 5.98. The SMILES string of the molecule is O=C(Nc1ccccc1Cl)c1cc(N2C(=O)CCS2(=O)=O)ccc1Cl. The number of para-hydroxylation sites is 1. The van der Waals surface area contributed by atoms with Crippen molar-refractivity contribution in [2.24, 2.45) is 0 Å². The molecule has 0 aromatic heterocycles. The Morgan fingerprint density at radius 2 is 1.80 bits per heavy atom. The average molecular weight is 399 g/mol. The highest BCUT2D eigenvalue weighted by atomic mass is 35.5. The molecule has 1 aliphatic heterocycles. The van der Waals surface area contributed by atoms with Crippen LogP contribution in [0.15, 0.2) is 42.5 Å². The van der Waals surface area contributed by atoms with E-state index in [2.05, 4.69) is 5.32 Å². The number of carbonyl (C=O) groups excluding carboxylic acids is 2. The second-order valence-electron chi connectivity index (χ2n) is 5.32. The predicted octanol–water partition coefficient (Wildman–Crippen LogP) is 3.31. The van der Waals surface area contributed by atoms with Crippen molar-refractivity contribution in [2.75, 3.05) is 15.4 Å². The fourth-order valence-electron chi connectivity index (χ4n) is 2.43. The van der Waals surface area contributed by atoms with Crippen LogP contribution in [0.25, 0.3) is 0 Å². The van der Waals surface area contributed by atoms with Crippen LogP contribution >= 0.6 is 23.2 Å². The minimum Gasteiger partial charge on any atom is -0.321 e. The molecule has 1 saturated heterocycles. The van der Waals surface area contributed by atoms with Crippen LogP contribution in [0.2, 0.25) is 10.0 Å². The number of hydrogen-bond acceptors (Lipinski definition) is 4. The molecule has 0 bridgehead atoms. The molecule has 1 aliphatic rings. The van der Waals surface area contributed by atoms with Gasteiger partial charge in [-0.25, -0.2) is 12.7 Å². The Balaban J connectivity index is 1.96. The summed E-state index contributed by atoms with van der Waals surface area (Å²) in [5, 5.41) is 3.08. The van der Waals surface area contributed by atoms with Crippen LogP contribution in [0.3, 0.4) is 0 Å². The number of nitrogens with zero attached hydrogens (tertiary/aromatic N) is 1. The summed E-state index contributed by atoms with van der Waals surface area (Å²) in [4.78, 5) is 24.4. The van der Waals surface area contributed by atoms with E-state index in [9.17, 15) is 18.0 Å². The molecule has 6 nitrogen and oxygen atoms in total. The maximum absolute atomic E-state index is 12.5. The van der Waals surface area contributed by atoms with Gasteiger partial charge in [-0.15, -0.1) is 0 Å². The van der Waals surface area contributed by atoms with E-state index in [1.807, 2.05) is 0 Å². The molecule has 130 valence electrons. The van der Waals surface area contributed by atoms with Crippen LogP contribution < -0.4 is 9.62 Å². The minimum absolute atomic E-state index is 0.0361. The second-order valence-corrected chi connectivity index (χ2v) is 8.07. The number of amides is 2. The molecule has 0 spiro atoms. The minimum atomic E-state index is -3.72. The Morgan fingerprint density at radius 1 is 1.08 bits per heavy atom. The smallest absolute Gasteiger partial charge is 0.257 e. The number of anilines is 2. The van der Waals surface area contributed by atoms with Crippen molar-refractivity contribution in [2.45, 2.75) is 6.42 Å². The Kier molecular flexibility index (Phi) is 4.73. The van der Waals surface area contributed by atoms with Crippen LogP contribution in [-0.2, 0) is 14.8 Å². The summed E-state index contributed by atoms with van der Waals surface area (Å²) >= 11 is 12.1. The van der Waals surface area contributed by atoms with Crippen LogP contribution in [0.4, 0.5) is 11.4 Å². The third kappa shape index (κ3) is 3.49. The van der Waals surface area contributed by atoms with Crippen molar-refractivity contribution in [3.05, 3.63) is 58.1 Å². The number of rotatable bonds is 3. The quantitative estimate of drug-likeness (QED) is 0.859. The molecule has 0 unspecified atom stereocenters. The number of carbonyl (C=O) groups is 2. The van der Waals surface area contributed by atoms with Gasteiger partial charge in [0.1, 0.15) is 0 Å². The monoisotopic (exact) mass is 398 g/mol. The summed E-state index contributed by atoms with van der Waals surface area (Å²) in [6, 6.07) is 10.7. The predicted molar refractivity (Wildman–Crippen MR) is 96.7 cm³/mol. The molecule has 0 saturated carbocycles. The highest BCUT2D eigenvalue weighted by molar-refractivity contribution is 7.94. The zero-order valence-corrected chi connectivity index (χ0v) is 15.0. The summed E-state index contributed by atoms with van der Waals surface area (Å²) < 4.78 is 24.8. The molecule has 0 radical (unpaired) electrons. The van der Waals surface area contributed by atoms with E-state index in [1.54, 1.807) is 24.3 Å². The zero-order valence-electron chi connectivity index (χ0n) is 12.7. The van der Waals surface area contributed by atoms with Gasteiger partial charge in [0.15, 0.2) is 0 Å². The number of nitrogens with one attached hydrogen (secondary N) is 1. The van der Waals surface area contributed by atoms with Gasteiger partial charge in [0.25, 0.3) is 5.91 Å². The molecular weight excluding hydrogens is 387 g/mol. The fourth-order valence-corrected chi connectivity index (χ4v) is 4.27. The van der Waals surface area contributed by atoms with E-state index in [1.165, 1.54) is 18.2 Å². The first-order valence-corrected chi connectivity index (χ1v) is 9.57. The summed E-state index contributed by atoms with van der Waals surface area (Å²) in [5.41, 5.74) is 0.505. The Labute approximate surface area is 154 Å². The molecule has 1 N–H and O–H groups in total. The Bertz CT molecular complexity index is 976. The van der Waals surface area contributed by atoms with Crippen LogP contribution in [0.5, 0.6) is 0 Å². The molecule has 9 heteroatoms. The van der Waals surface area contributed by atoms with Crippen molar-refractivity contribution in [1.29, 1.82) is 0 Å². The highest BCUT2D eigenvalue weighted by Crippen LogP contribution is 2.30. The third-order valence-electron chi connectivity index (χ3n) is 3.63. The van der Waals surface area contributed by atoms with Gasteiger partial charge >= 0.3 is 0 Å². The lowest BCUT2D eigenvalue weighted by molar-refractivity contribution is -0.116. The summed E-state index contributed by atoms with van der Waals surface area (Å²) in [5.74, 6) is -1.36. The van der Waals surface area contributed by atoms with Crippen molar-refractivity contribution in [3.63, 3.8) is 0 Å². The van der Waals surface area contributed by atoms with Crippen molar-refractivity contribution in [3.8, 4) is 0 Å². The molecule has 25 heavy (non-hydrogen) atoms. The normalized spacial score (nSPS) is 16.1. The van der Waals surface area contributed by atoms with Gasteiger partial charge in [-0.1, -0.05) is 35.3 Å². The lowest BCUT2D eigenvalue weighted by atomic mass is 10.1. The van der Waals surface area contributed by atoms with E-state index in [0.29, 0.717) is 15.0 Å². The fraction of sp³-hybridized carbons (Fsp3) is 0.125. The Morgan fingerprint density at radius 3 is 2.44 bits per heavy atom. The largest absolute Gasteiger partial charge is 0.321 e. The topological polar surface area (TPSA) is 83.6 Å². The van der Waals surface area contributed by atoms with Gasteiger partial charge < -0.3 is 5.32 Å². The number of hydrogen-bond donors (Lipinski definition) is 1. The Hall–Kier alpha value is -2.09. The number of halogens is 2. The number of sulfonamides is 1. The highest BCUT2D eigenvalue weighted by Gasteiger charge is 2.36. The van der Waals surface area contributed by atoms with Crippen LogP contribution in [0, 0.1) is 0 Å². The van der Waals surface area contributed by atoms with Crippen molar-refractivity contribution < 1.29 is 18.0 Å². The lowest BCUT2D eigenvalue weighted by Crippen LogP contribution is -2.29. The molecule has 0 aliphatic carbocycles. The molecule has 1 fully saturated rings. The zero-order chi connectivity index (χ0) is 18.2. The molecule has 2 amide bonds. The summed E-state index contributed by atoms with van der Waals surface area (Å²) in [7, 11) is -3.72. The molecule has 3 rings (SSSR count). The van der Waals surface area contributed by atoms with E-state index in [4.69, 9.17) is 23.2 Å². The molecule has 1 heterocycles. The van der Waals surface area contributed by atoms with Gasteiger partial charge in [0.2, 0.25) is 15.9 Å². The maximum Gasteiger partial charge on any atom is 0.257 e. The van der Waals surface area contributed by atoms with E-state index in [-0.39, 0.29) is 28.4 Å². The lowest BCUT2D eigenvalue weighted by Gasteiger charge is -2.16. The van der Waals surface area contributed by atoms with E-state index in [0.717, 1.165) is 0 Å². The summed E-state index contributed by atoms with van der Waals surface area (Å²) in [6.07, 6.45) is -0.0912. The van der Waals surface area contributed by atoms with Gasteiger partial charge in [0.05, 0.1) is 32.7 Å². The average Bonchev–Trinajstić information content (AvgIpc) is 2.83. The summed E-state index contributed by atoms with van der Waals surface area (Å²) in [6.45, 7) is 0. The van der Waals surface area contributed by atoms with Gasteiger partial charge in [-0.2, -0.15) is 0 Å². The van der Waals surface area contributed by atoms with Crippen LogP contribution in [0.1, 0.15) is 16.8 Å². The molecule has 2 aromatic carbocycles. The van der Waals surface area contributed by atoms with E-state index < -0.39 is 21.8 Å². The van der Waals surface area contributed by atoms with Gasteiger partial charge in [-0.05, 0) is 30.3 Å². The first-order valence-electron chi connectivity index (χ1n) is 7.21. The van der Waals surface area contributed by atoms with Crippen molar-refractivity contribution >= 4 is 56.4 Å². The van der Waals surface area contributed by atoms with Crippen molar-refractivity contribution in [1.82, 2.24) is 0 Å². The van der Waals surface area contributed by atoms with E-state index >= 15 is 0 Å². The number of benzene rings is 2. The standard InChI is InChI=1S/C16H12Cl2N2O4S/c17-12-6-5-10(20-15(21)7-8-25(20,23)24)9-11(12)16(22)19-14-4-2-1-3-13(14)18/h1-6,9H,7-8H2,(H,19,22). The molecular formula is C16H12Cl2N2O4S. The van der Waals surface area contributed by atoms with Crippen LogP contribution in [-0.4, -0.2) is 26.0 Å².